The van der Waals surface area contributed by atoms with Crippen molar-refractivity contribution in [2.45, 2.75) is 12.5 Å². The summed E-state index contributed by atoms with van der Waals surface area (Å²) in [6.45, 7) is 0. The Hall–Kier alpha value is -1.58. The number of benzene rings is 1. The van der Waals surface area contributed by atoms with Gasteiger partial charge in [-0.1, -0.05) is 24.0 Å². The number of ether oxygens (including phenoxy) is 2. The molecule has 0 unspecified atom stereocenters. The van der Waals surface area contributed by atoms with Crippen molar-refractivity contribution in [3.8, 4) is 11.5 Å². The summed E-state index contributed by atoms with van der Waals surface area (Å²) in [5.41, 5.74) is 0.725. The quantitative estimate of drug-likeness (QED) is 0.567. The first-order valence-corrected chi connectivity index (χ1v) is 10.6. The lowest BCUT2D eigenvalue weighted by atomic mass is 10.1. The fraction of sp³-hybridized carbons (Fsp3) is 0.375. The maximum absolute atomic E-state index is 12.7. The van der Waals surface area contributed by atoms with Gasteiger partial charge < -0.3 is 9.47 Å². The monoisotopic (exact) mass is 399 g/mol. The normalized spacial score (nSPS) is 24.2. The number of hydrogen-bond donors (Lipinski definition) is 0. The van der Waals surface area contributed by atoms with Crippen molar-refractivity contribution in [2.24, 2.45) is 0 Å². The molecular formula is C16H17NO5S3. The second-order valence-electron chi connectivity index (χ2n) is 5.72. The lowest BCUT2D eigenvalue weighted by Crippen LogP contribution is -2.39. The summed E-state index contributed by atoms with van der Waals surface area (Å²) in [7, 11) is 0.0165. The predicted molar refractivity (Wildman–Crippen MR) is 102 cm³/mol. The van der Waals surface area contributed by atoms with Crippen LogP contribution in [0.5, 0.6) is 11.5 Å². The molecule has 2 aliphatic heterocycles. The maximum Gasteiger partial charge on any atom is 0.266 e. The van der Waals surface area contributed by atoms with Crippen molar-refractivity contribution in [3.63, 3.8) is 0 Å². The van der Waals surface area contributed by atoms with E-state index in [9.17, 15) is 13.2 Å². The van der Waals surface area contributed by atoms with Crippen LogP contribution in [0.3, 0.4) is 0 Å². The zero-order valence-electron chi connectivity index (χ0n) is 13.7. The van der Waals surface area contributed by atoms with Crippen LogP contribution in [0.1, 0.15) is 12.0 Å². The number of thiocarbonyl (C=S) groups is 1. The molecule has 1 aromatic rings. The highest BCUT2D eigenvalue weighted by molar-refractivity contribution is 8.26. The number of sulfone groups is 1. The van der Waals surface area contributed by atoms with E-state index < -0.39 is 9.84 Å². The number of hydrogen-bond acceptors (Lipinski definition) is 7. The molecule has 2 saturated heterocycles. The number of rotatable bonds is 4. The van der Waals surface area contributed by atoms with Crippen LogP contribution in [0.15, 0.2) is 23.1 Å². The molecule has 0 N–H and O–H groups in total. The van der Waals surface area contributed by atoms with Crippen LogP contribution in [0, 0.1) is 0 Å². The largest absolute Gasteiger partial charge is 0.497 e. The molecule has 0 aliphatic carbocycles. The zero-order chi connectivity index (χ0) is 18.2. The minimum Gasteiger partial charge on any atom is -0.497 e. The van der Waals surface area contributed by atoms with Gasteiger partial charge in [-0.25, -0.2) is 8.42 Å². The highest BCUT2D eigenvalue weighted by Crippen LogP contribution is 2.37. The molecule has 1 amide bonds. The third-order valence-corrected chi connectivity index (χ3v) is 7.21. The molecule has 0 spiro atoms. The summed E-state index contributed by atoms with van der Waals surface area (Å²) in [6.07, 6.45) is 2.13. The van der Waals surface area contributed by atoms with Crippen molar-refractivity contribution in [1.29, 1.82) is 0 Å². The molecule has 6 nitrogen and oxygen atoms in total. The lowest BCUT2D eigenvalue weighted by molar-refractivity contribution is -0.123. The third kappa shape index (κ3) is 3.68. The van der Waals surface area contributed by atoms with Gasteiger partial charge in [-0.15, -0.1) is 0 Å². The number of amides is 1. The molecular weight excluding hydrogens is 382 g/mol. The zero-order valence-corrected chi connectivity index (χ0v) is 16.2. The Balaban J connectivity index is 1.88. The van der Waals surface area contributed by atoms with E-state index in [1.54, 1.807) is 38.5 Å². The van der Waals surface area contributed by atoms with Crippen LogP contribution < -0.4 is 9.47 Å². The van der Waals surface area contributed by atoms with E-state index in [0.29, 0.717) is 27.1 Å². The van der Waals surface area contributed by atoms with Crippen molar-refractivity contribution >= 4 is 50.1 Å². The smallest absolute Gasteiger partial charge is 0.266 e. The van der Waals surface area contributed by atoms with Crippen molar-refractivity contribution in [3.05, 3.63) is 28.7 Å². The fourth-order valence-electron chi connectivity index (χ4n) is 2.85. The first kappa shape index (κ1) is 18.2. The van der Waals surface area contributed by atoms with Gasteiger partial charge in [0.2, 0.25) is 0 Å². The van der Waals surface area contributed by atoms with E-state index >= 15 is 0 Å². The van der Waals surface area contributed by atoms with Crippen LogP contribution >= 0.6 is 24.0 Å². The Morgan fingerprint density at radius 2 is 2.08 bits per heavy atom. The molecule has 2 heterocycles. The number of carbonyl (C=O) groups is 1. The molecule has 25 heavy (non-hydrogen) atoms. The number of thioether (sulfide) groups is 1. The average Bonchev–Trinajstić information content (AvgIpc) is 3.06. The number of nitrogens with zero attached hydrogens (tertiary/aromatic N) is 1. The van der Waals surface area contributed by atoms with Gasteiger partial charge in [0.25, 0.3) is 5.91 Å². The van der Waals surface area contributed by atoms with Gasteiger partial charge in [0.1, 0.15) is 15.8 Å². The summed E-state index contributed by atoms with van der Waals surface area (Å²) in [6, 6.07) is 4.93. The van der Waals surface area contributed by atoms with E-state index in [4.69, 9.17) is 21.7 Å². The molecule has 0 aromatic heterocycles. The molecule has 134 valence electrons. The van der Waals surface area contributed by atoms with E-state index in [-0.39, 0.29) is 23.5 Å². The van der Waals surface area contributed by atoms with Gasteiger partial charge >= 0.3 is 0 Å². The molecule has 1 aromatic carbocycles. The Morgan fingerprint density at radius 3 is 2.68 bits per heavy atom. The van der Waals surface area contributed by atoms with Crippen LogP contribution in [-0.2, 0) is 14.6 Å². The molecule has 2 aliphatic rings. The summed E-state index contributed by atoms with van der Waals surface area (Å²) in [5, 5.41) is 0. The number of methoxy groups -OCH3 is 2. The summed E-state index contributed by atoms with van der Waals surface area (Å²) < 4.78 is 34.3. The van der Waals surface area contributed by atoms with Crippen LogP contribution in [0.25, 0.3) is 6.08 Å². The van der Waals surface area contributed by atoms with Gasteiger partial charge in [0, 0.05) is 11.6 Å². The standard InChI is InChI=1S/C16H17NO5S3/c1-21-12-4-3-10(13(8-12)22-2)7-14-15(18)17(16(23)24-14)11-5-6-25(19,20)9-11/h3-4,7-8,11H,5-6,9H2,1-2H3/b14-7+/t11-/m0/s1. The molecule has 0 saturated carbocycles. The average molecular weight is 400 g/mol. The van der Waals surface area contributed by atoms with Crippen molar-refractivity contribution in [2.75, 3.05) is 25.7 Å². The Morgan fingerprint density at radius 1 is 1.32 bits per heavy atom. The summed E-state index contributed by atoms with van der Waals surface area (Å²) >= 11 is 6.48. The molecule has 9 heteroatoms. The lowest BCUT2D eigenvalue weighted by Gasteiger charge is -2.20. The first-order valence-electron chi connectivity index (χ1n) is 7.54. The SMILES string of the molecule is COc1ccc(/C=C2/SC(=S)N([C@H]3CCS(=O)(=O)C3)C2=O)c(OC)c1. The summed E-state index contributed by atoms with van der Waals surface area (Å²) in [4.78, 5) is 14.6. The van der Waals surface area contributed by atoms with Gasteiger partial charge in [-0.3, -0.25) is 9.69 Å². The number of carbonyl (C=O) groups excluding carboxylic acids is 1. The van der Waals surface area contributed by atoms with Gasteiger partial charge in [-0.05, 0) is 24.6 Å². The van der Waals surface area contributed by atoms with Crippen LogP contribution in [0.2, 0.25) is 0 Å². The van der Waals surface area contributed by atoms with Gasteiger partial charge in [0.05, 0.1) is 36.7 Å². The third-order valence-electron chi connectivity index (χ3n) is 4.12. The summed E-state index contributed by atoms with van der Waals surface area (Å²) in [5.74, 6) is 1.04. The maximum atomic E-state index is 12.7. The Bertz CT molecular complexity index is 863. The molecule has 3 rings (SSSR count). The second-order valence-corrected chi connectivity index (χ2v) is 9.62. The van der Waals surface area contributed by atoms with E-state index in [1.807, 2.05) is 0 Å². The molecule has 2 fully saturated rings. The second kappa shape index (κ2) is 6.97. The van der Waals surface area contributed by atoms with E-state index in [0.717, 1.165) is 5.56 Å². The van der Waals surface area contributed by atoms with Gasteiger partial charge in [-0.2, -0.15) is 0 Å². The highest BCUT2D eigenvalue weighted by atomic mass is 32.2. The van der Waals surface area contributed by atoms with E-state index in [2.05, 4.69) is 0 Å². The van der Waals surface area contributed by atoms with E-state index in [1.165, 1.54) is 16.7 Å². The highest BCUT2D eigenvalue weighted by Gasteiger charge is 2.42. The minimum atomic E-state index is -3.09. The fourth-order valence-corrected chi connectivity index (χ4v) is 5.94. The molecule has 0 radical (unpaired) electrons. The molecule has 1 atom stereocenters. The van der Waals surface area contributed by atoms with Gasteiger partial charge in [0.15, 0.2) is 9.84 Å². The first-order chi connectivity index (χ1) is 11.8. The van der Waals surface area contributed by atoms with Crippen LogP contribution in [-0.4, -0.2) is 55.3 Å². The Kier molecular flexibility index (Phi) is 5.08. The topological polar surface area (TPSA) is 72.9 Å². The molecule has 0 bridgehead atoms. The predicted octanol–water partition coefficient (Wildman–Crippen LogP) is 2.09. The van der Waals surface area contributed by atoms with Crippen LogP contribution in [0.4, 0.5) is 0 Å². The van der Waals surface area contributed by atoms with Crippen molar-refractivity contribution in [1.82, 2.24) is 4.90 Å². The van der Waals surface area contributed by atoms with Crippen molar-refractivity contribution < 1.29 is 22.7 Å². The minimum absolute atomic E-state index is 0.0292. The Labute approximate surface area is 156 Å².